The van der Waals surface area contributed by atoms with Gasteiger partial charge in [0, 0.05) is 16.7 Å². The van der Waals surface area contributed by atoms with Crippen LogP contribution in [-0.4, -0.2) is 15.0 Å². The van der Waals surface area contributed by atoms with Gasteiger partial charge in [0.15, 0.2) is 17.5 Å². The molecule has 1 unspecified atom stereocenters. The zero-order valence-corrected chi connectivity index (χ0v) is 15.1. The van der Waals surface area contributed by atoms with Gasteiger partial charge in [-0.25, -0.2) is 15.0 Å². The minimum Gasteiger partial charge on any atom is -0.208 e. The fourth-order valence-corrected chi connectivity index (χ4v) is 2.95. The van der Waals surface area contributed by atoms with Crippen molar-refractivity contribution in [3.05, 3.63) is 84.2 Å². The lowest BCUT2D eigenvalue weighted by molar-refractivity contribution is 0.738. The summed E-state index contributed by atoms with van der Waals surface area (Å²) >= 11 is 0. The fourth-order valence-electron chi connectivity index (χ4n) is 2.95. The molecule has 0 saturated carbocycles. The monoisotopic (exact) mass is 339 g/mol. The summed E-state index contributed by atoms with van der Waals surface area (Å²) in [7, 11) is 0. The highest BCUT2D eigenvalue weighted by Gasteiger charge is 2.14. The van der Waals surface area contributed by atoms with Crippen LogP contribution in [0.1, 0.15) is 24.7 Å². The highest BCUT2D eigenvalue weighted by atomic mass is 15.0. The quantitative estimate of drug-likeness (QED) is 0.633. The van der Waals surface area contributed by atoms with Gasteiger partial charge in [0.2, 0.25) is 0 Å². The number of hydrogen-bond donors (Lipinski definition) is 0. The second-order valence-corrected chi connectivity index (χ2v) is 6.77. The Kier molecular flexibility index (Phi) is 4.44. The Morgan fingerprint density at radius 2 is 1.38 bits per heavy atom. The molecule has 0 amide bonds. The molecule has 3 nitrogen and oxygen atoms in total. The van der Waals surface area contributed by atoms with Crippen LogP contribution in [0.2, 0.25) is 0 Å². The van der Waals surface area contributed by atoms with Crippen LogP contribution in [0.5, 0.6) is 0 Å². The fraction of sp³-hybridized carbons (Fsp3) is 0.174. The summed E-state index contributed by atoms with van der Waals surface area (Å²) < 4.78 is 0. The third-order valence-corrected chi connectivity index (χ3v) is 4.55. The van der Waals surface area contributed by atoms with E-state index in [4.69, 9.17) is 15.0 Å². The standard InChI is InChI=1S/C23H21N3/c1-16-8-12-19(13-9-16)22-24-21(18-6-4-3-5-7-18)25-23(26-22)20-14-10-17(2)11-15-20/h3-10,12-15,17H,11H2,1-2H3. The lowest BCUT2D eigenvalue weighted by atomic mass is 9.98. The molecule has 1 aromatic heterocycles. The summed E-state index contributed by atoms with van der Waals surface area (Å²) in [5.74, 6) is 2.71. The maximum atomic E-state index is 4.77. The van der Waals surface area contributed by atoms with Crippen LogP contribution in [0.15, 0.2) is 72.8 Å². The summed E-state index contributed by atoms with van der Waals surface area (Å²) in [5.41, 5.74) is 4.29. The number of aryl methyl sites for hydroxylation is 1. The van der Waals surface area contributed by atoms with Gasteiger partial charge in [0.05, 0.1) is 0 Å². The molecule has 3 heteroatoms. The smallest absolute Gasteiger partial charge is 0.164 e. The first kappa shape index (κ1) is 16.4. The lowest BCUT2D eigenvalue weighted by Gasteiger charge is -2.13. The normalized spacial score (nSPS) is 16.4. The Hall–Kier alpha value is -3.07. The molecule has 4 rings (SSSR count). The van der Waals surface area contributed by atoms with Crippen LogP contribution in [0.25, 0.3) is 28.3 Å². The average Bonchev–Trinajstić information content (AvgIpc) is 2.69. The largest absolute Gasteiger partial charge is 0.208 e. The summed E-state index contributed by atoms with van der Waals surface area (Å²) in [6.45, 7) is 4.29. The SMILES string of the molecule is Cc1ccc(-c2nc(C3=CCC(C)C=C3)nc(-c3ccccc3)n2)cc1. The second-order valence-electron chi connectivity index (χ2n) is 6.77. The van der Waals surface area contributed by atoms with Gasteiger partial charge < -0.3 is 0 Å². The Balaban J connectivity index is 1.85. The Morgan fingerprint density at radius 3 is 2.00 bits per heavy atom. The highest BCUT2D eigenvalue weighted by Crippen LogP contribution is 2.26. The van der Waals surface area contributed by atoms with Crippen molar-refractivity contribution in [3.8, 4) is 22.8 Å². The van der Waals surface area contributed by atoms with E-state index in [1.165, 1.54) is 5.56 Å². The highest BCUT2D eigenvalue weighted by molar-refractivity contribution is 5.73. The first-order valence-corrected chi connectivity index (χ1v) is 8.96. The minimum absolute atomic E-state index is 0.561. The third-order valence-electron chi connectivity index (χ3n) is 4.55. The lowest BCUT2D eigenvalue weighted by Crippen LogP contribution is -2.04. The molecule has 1 atom stereocenters. The van der Waals surface area contributed by atoms with E-state index in [0.29, 0.717) is 17.6 Å². The molecule has 3 aromatic rings. The molecule has 0 saturated heterocycles. The molecular formula is C23H21N3. The molecule has 0 fully saturated rings. The first-order chi connectivity index (χ1) is 12.7. The van der Waals surface area contributed by atoms with Crippen LogP contribution >= 0.6 is 0 Å². The van der Waals surface area contributed by atoms with Crippen LogP contribution in [0, 0.1) is 12.8 Å². The molecule has 0 aliphatic heterocycles. The van der Waals surface area contributed by atoms with Gasteiger partial charge in [0.25, 0.3) is 0 Å². The third kappa shape index (κ3) is 3.47. The summed E-state index contributed by atoms with van der Waals surface area (Å²) in [4.78, 5) is 14.3. The van der Waals surface area contributed by atoms with E-state index in [0.717, 1.165) is 28.9 Å². The van der Waals surface area contributed by atoms with Crippen molar-refractivity contribution < 1.29 is 0 Å². The van der Waals surface area contributed by atoms with Crippen molar-refractivity contribution >= 4 is 5.57 Å². The van der Waals surface area contributed by atoms with Gasteiger partial charge in [-0.1, -0.05) is 85.3 Å². The summed E-state index contributed by atoms with van der Waals surface area (Å²) in [5, 5.41) is 0. The minimum atomic E-state index is 0.561. The molecule has 0 N–H and O–H groups in total. The van der Waals surface area contributed by atoms with Crippen LogP contribution in [0.3, 0.4) is 0 Å². The maximum absolute atomic E-state index is 4.77. The number of rotatable bonds is 3. The van der Waals surface area contributed by atoms with Gasteiger partial charge in [0.1, 0.15) is 0 Å². The topological polar surface area (TPSA) is 38.7 Å². The van der Waals surface area contributed by atoms with Gasteiger partial charge >= 0.3 is 0 Å². The molecule has 2 aromatic carbocycles. The van der Waals surface area contributed by atoms with Crippen molar-refractivity contribution in [1.82, 2.24) is 15.0 Å². The number of benzene rings is 2. The van der Waals surface area contributed by atoms with Crippen LogP contribution < -0.4 is 0 Å². The van der Waals surface area contributed by atoms with Gasteiger partial charge in [-0.15, -0.1) is 0 Å². The Morgan fingerprint density at radius 1 is 0.769 bits per heavy atom. The molecule has 26 heavy (non-hydrogen) atoms. The molecule has 0 spiro atoms. The molecule has 0 bridgehead atoms. The summed E-state index contributed by atoms with van der Waals surface area (Å²) in [6.07, 6.45) is 7.57. The van der Waals surface area contributed by atoms with E-state index in [2.05, 4.69) is 56.3 Å². The van der Waals surface area contributed by atoms with E-state index in [-0.39, 0.29) is 0 Å². The first-order valence-electron chi connectivity index (χ1n) is 8.96. The molecule has 1 heterocycles. The van der Waals surface area contributed by atoms with Crippen molar-refractivity contribution in [3.63, 3.8) is 0 Å². The number of hydrogen-bond acceptors (Lipinski definition) is 3. The number of nitrogens with zero attached hydrogens (tertiary/aromatic N) is 3. The average molecular weight is 339 g/mol. The zero-order valence-electron chi connectivity index (χ0n) is 15.1. The van der Waals surface area contributed by atoms with Crippen LogP contribution in [-0.2, 0) is 0 Å². The van der Waals surface area contributed by atoms with Crippen molar-refractivity contribution in [2.45, 2.75) is 20.3 Å². The van der Waals surface area contributed by atoms with E-state index in [9.17, 15) is 0 Å². The molecule has 0 radical (unpaired) electrons. The Bertz CT molecular complexity index is 970. The second kappa shape index (κ2) is 7.04. The van der Waals surface area contributed by atoms with Crippen LogP contribution in [0.4, 0.5) is 0 Å². The number of allylic oxidation sites excluding steroid dienone is 4. The van der Waals surface area contributed by atoms with Crippen molar-refractivity contribution in [1.29, 1.82) is 0 Å². The predicted octanol–water partition coefficient (Wildman–Crippen LogP) is 5.49. The van der Waals surface area contributed by atoms with Crippen molar-refractivity contribution in [2.24, 2.45) is 5.92 Å². The zero-order chi connectivity index (χ0) is 17.9. The van der Waals surface area contributed by atoms with Gasteiger partial charge in [-0.3, -0.25) is 0 Å². The molecular weight excluding hydrogens is 318 g/mol. The Labute approximate surface area is 154 Å². The molecule has 128 valence electrons. The van der Waals surface area contributed by atoms with Gasteiger partial charge in [-0.2, -0.15) is 0 Å². The van der Waals surface area contributed by atoms with Crippen molar-refractivity contribution in [2.75, 3.05) is 0 Å². The van der Waals surface area contributed by atoms with E-state index < -0.39 is 0 Å². The van der Waals surface area contributed by atoms with E-state index >= 15 is 0 Å². The van der Waals surface area contributed by atoms with E-state index in [1.807, 2.05) is 30.3 Å². The summed E-state index contributed by atoms with van der Waals surface area (Å²) in [6, 6.07) is 18.4. The van der Waals surface area contributed by atoms with E-state index in [1.54, 1.807) is 0 Å². The number of aromatic nitrogens is 3. The molecule has 1 aliphatic carbocycles. The maximum Gasteiger partial charge on any atom is 0.164 e. The van der Waals surface area contributed by atoms with Gasteiger partial charge in [-0.05, 0) is 19.3 Å². The molecule has 1 aliphatic rings. The predicted molar refractivity (Wildman–Crippen MR) is 106 cm³/mol.